The zero-order valence-corrected chi connectivity index (χ0v) is 12.1. The van der Waals surface area contributed by atoms with Gasteiger partial charge in [0.2, 0.25) is 5.91 Å². The molecular weight excluding hydrogens is 240 g/mol. The fraction of sp³-hybridized carbons (Fsp3) is 0.933. The first kappa shape index (κ1) is 13.4. The molecule has 0 aromatic carbocycles. The maximum atomic E-state index is 12.2. The molecule has 1 amide bonds. The van der Waals surface area contributed by atoms with Gasteiger partial charge in [0.05, 0.1) is 12.7 Å². The number of carbonyl (C=O) groups excluding carboxylic acids is 1. The van der Waals surface area contributed by atoms with Gasteiger partial charge in [0.25, 0.3) is 0 Å². The van der Waals surface area contributed by atoms with Crippen LogP contribution in [-0.4, -0.2) is 48.7 Å². The Bertz CT molecular complexity index is 341. The number of morpholine rings is 1. The molecule has 1 heterocycles. The summed E-state index contributed by atoms with van der Waals surface area (Å²) in [6.07, 6.45) is 4.97. The van der Waals surface area contributed by atoms with Crippen LogP contribution in [-0.2, 0) is 9.53 Å². The van der Waals surface area contributed by atoms with E-state index in [1.165, 1.54) is 19.4 Å². The summed E-state index contributed by atoms with van der Waals surface area (Å²) < 4.78 is 5.90. The van der Waals surface area contributed by atoms with Crippen LogP contribution in [0.2, 0.25) is 0 Å². The lowest BCUT2D eigenvalue weighted by atomic mass is 10.1. The van der Waals surface area contributed by atoms with E-state index in [-0.39, 0.29) is 24.0 Å². The summed E-state index contributed by atoms with van der Waals surface area (Å²) >= 11 is 0. The van der Waals surface area contributed by atoms with Crippen molar-refractivity contribution in [2.45, 2.75) is 57.7 Å². The molecule has 4 nitrogen and oxygen atoms in total. The maximum Gasteiger partial charge on any atom is 0.223 e. The number of fused-ring (bicyclic) bond motifs is 1. The van der Waals surface area contributed by atoms with Gasteiger partial charge in [-0.1, -0.05) is 0 Å². The van der Waals surface area contributed by atoms with Crippen molar-refractivity contribution in [3.63, 3.8) is 0 Å². The quantitative estimate of drug-likeness (QED) is 0.836. The van der Waals surface area contributed by atoms with Gasteiger partial charge >= 0.3 is 0 Å². The van der Waals surface area contributed by atoms with Crippen molar-refractivity contribution in [3.8, 4) is 0 Å². The molecule has 0 aromatic heterocycles. The smallest absolute Gasteiger partial charge is 0.223 e. The average molecular weight is 266 g/mol. The summed E-state index contributed by atoms with van der Waals surface area (Å²) in [7, 11) is 0. The SMILES string of the molecule is CC(C)NC(=O)[C@H]1C[C@@H]2OCCN(CC3CC3)[C@H]2C1. The van der Waals surface area contributed by atoms with Crippen molar-refractivity contribution in [2.75, 3.05) is 19.7 Å². The number of ether oxygens (including phenoxy) is 1. The van der Waals surface area contributed by atoms with Gasteiger partial charge in [-0.15, -0.1) is 0 Å². The lowest BCUT2D eigenvalue weighted by molar-refractivity contribution is -0.125. The maximum absolute atomic E-state index is 12.2. The first-order valence-corrected chi connectivity index (χ1v) is 7.79. The van der Waals surface area contributed by atoms with Crippen molar-refractivity contribution in [1.29, 1.82) is 0 Å². The van der Waals surface area contributed by atoms with Crippen LogP contribution in [0.5, 0.6) is 0 Å². The Labute approximate surface area is 115 Å². The Hall–Kier alpha value is -0.610. The van der Waals surface area contributed by atoms with E-state index in [1.54, 1.807) is 0 Å². The number of nitrogens with one attached hydrogen (secondary N) is 1. The normalized spacial score (nSPS) is 35.4. The van der Waals surface area contributed by atoms with Gasteiger partial charge < -0.3 is 10.1 Å². The molecule has 0 unspecified atom stereocenters. The van der Waals surface area contributed by atoms with Gasteiger partial charge in [-0.2, -0.15) is 0 Å². The van der Waals surface area contributed by atoms with Crippen LogP contribution in [0.3, 0.4) is 0 Å². The summed E-state index contributed by atoms with van der Waals surface area (Å²) in [6, 6.07) is 0.718. The van der Waals surface area contributed by atoms with Crippen molar-refractivity contribution in [1.82, 2.24) is 10.2 Å². The Morgan fingerprint density at radius 1 is 1.37 bits per heavy atom. The second-order valence-electron chi connectivity index (χ2n) is 6.75. The number of hydrogen-bond acceptors (Lipinski definition) is 3. The van der Waals surface area contributed by atoms with Gasteiger partial charge in [-0.25, -0.2) is 0 Å². The molecule has 1 aliphatic heterocycles. The molecule has 108 valence electrons. The molecule has 3 fully saturated rings. The van der Waals surface area contributed by atoms with Gasteiger partial charge in [0.15, 0.2) is 0 Å². The van der Waals surface area contributed by atoms with E-state index in [4.69, 9.17) is 4.74 Å². The van der Waals surface area contributed by atoms with E-state index in [1.807, 2.05) is 13.8 Å². The second-order valence-corrected chi connectivity index (χ2v) is 6.75. The molecule has 19 heavy (non-hydrogen) atoms. The highest BCUT2D eigenvalue weighted by Crippen LogP contribution is 2.37. The van der Waals surface area contributed by atoms with E-state index in [0.717, 1.165) is 31.9 Å². The molecule has 4 heteroatoms. The molecule has 3 atom stereocenters. The Balaban J connectivity index is 1.59. The van der Waals surface area contributed by atoms with Crippen LogP contribution in [0.25, 0.3) is 0 Å². The first-order valence-electron chi connectivity index (χ1n) is 7.79. The third-order valence-corrected chi connectivity index (χ3v) is 4.64. The van der Waals surface area contributed by atoms with E-state index in [0.29, 0.717) is 6.04 Å². The third-order valence-electron chi connectivity index (χ3n) is 4.64. The van der Waals surface area contributed by atoms with Crippen LogP contribution in [0, 0.1) is 11.8 Å². The predicted octanol–water partition coefficient (Wildman–Crippen LogP) is 1.40. The van der Waals surface area contributed by atoms with Crippen LogP contribution in [0.15, 0.2) is 0 Å². The van der Waals surface area contributed by atoms with E-state index in [2.05, 4.69) is 10.2 Å². The largest absolute Gasteiger partial charge is 0.375 e. The predicted molar refractivity (Wildman–Crippen MR) is 73.8 cm³/mol. The fourth-order valence-electron chi connectivity index (χ4n) is 3.50. The van der Waals surface area contributed by atoms with Gasteiger partial charge in [-0.3, -0.25) is 9.69 Å². The molecule has 1 saturated heterocycles. The Morgan fingerprint density at radius 3 is 2.84 bits per heavy atom. The molecule has 2 aliphatic carbocycles. The van der Waals surface area contributed by atoms with Crippen molar-refractivity contribution >= 4 is 5.91 Å². The highest BCUT2D eigenvalue weighted by atomic mass is 16.5. The fourth-order valence-corrected chi connectivity index (χ4v) is 3.50. The lowest BCUT2D eigenvalue weighted by Gasteiger charge is -2.37. The summed E-state index contributed by atoms with van der Waals surface area (Å²) in [4.78, 5) is 14.7. The monoisotopic (exact) mass is 266 g/mol. The number of hydrogen-bond donors (Lipinski definition) is 1. The molecule has 0 bridgehead atoms. The van der Waals surface area contributed by atoms with Crippen molar-refractivity contribution in [3.05, 3.63) is 0 Å². The van der Waals surface area contributed by atoms with Crippen molar-refractivity contribution < 1.29 is 9.53 Å². The lowest BCUT2D eigenvalue weighted by Crippen LogP contribution is -2.49. The van der Waals surface area contributed by atoms with Crippen LogP contribution in [0.1, 0.15) is 39.5 Å². The Kier molecular flexibility index (Phi) is 3.81. The highest BCUT2D eigenvalue weighted by molar-refractivity contribution is 5.79. The van der Waals surface area contributed by atoms with Gasteiger partial charge in [0.1, 0.15) is 0 Å². The molecule has 0 aromatic rings. The molecule has 0 spiro atoms. The van der Waals surface area contributed by atoms with Crippen LogP contribution < -0.4 is 5.32 Å². The number of rotatable bonds is 4. The minimum atomic E-state index is 0.150. The van der Waals surface area contributed by atoms with Gasteiger partial charge in [-0.05, 0) is 45.4 Å². The minimum Gasteiger partial charge on any atom is -0.375 e. The topological polar surface area (TPSA) is 41.6 Å². The standard InChI is InChI=1S/C15H26N2O2/c1-10(2)16-15(18)12-7-13-14(8-12)19-6-5-17(13)9-11-3-4-11/h10-14H,3-9H2,1-2H3,(H,16,18)/t12-,13+,14+/m1/s1. The summed E-state index contributed by atoms with van der Waals surface area (Å²) in [5.74, 6) is 1.29. The summed E-state index contributed by atoms with van der Waals surface area (Å²) in [5, 5.41) is 3.05. The summed E-state index contributed by atoms with van der Waals surface area (Å²) in [6.45, 7) is 7.16. The third kappa shape index (κ3) is 3.11. The molecule has 1 N–H and O–H groups in total. The molecule has 3 aliphatic rings. The van der Waals surface area contributed by atoms with Crippen molar-refractivity contribution in [2.24, 2.45) is 11.8 Å². The van der Waals surface area contributed by atoms with Gasteiger partial charge in [0, 0.05) is 31.1 Å². The van der Waals surface area contributed by atoms with E-state index < -0.39 is 0 Å². The number of carbonyl (C=O) groups is 1. The van der Waals surface area contributed by atoms with Crippen LogP contribution >= 0.6 is 0 Å². The molecule has 2 saturated carbocycles. The van der Waals surface area contributed by atoms with E-state index >= 15 is 0 Å². The zero-order valence-electron chi connectivity index (χ0n) is 12.1. The van der Waals surface area contributed by atoms with Crippen LogP contribution in [0.4, 0.5) is 0 Å². The zero-order chi connectivity index (χ0) is 13.4. The molecular formula is C15H26N2O2. The first-order chi connectivity index (χ1) is 9.13. The highest BCUT2D eigenvalue weighted by Gasteiger charge is 2.44. The Morgan fingerprint density at radius 2 is 2.16 bits per heavy atom. The number of nitrogens with zero attached hydrogens (tertiary/aromatic N) is 1. The molecule has 3 rings (SSSR count). The second kappa shape index (κ2) is 5.41. The average Bonchev–Trinajstić information content (AvgIpc) is 3.05. The van der Waals surface area contributed by atoms with E-state index in [9.17, 15) is 4.79 Å². The molecule has 0 radical (unpaired) electrons. The number of amides is 1. The minimum absolute atomic E-state index is 0.150. The summed E-state index contributed by atoms with van der Waals surface area (Å²) in [5.41, 5.74) is 0.